The Hall–Kier alpha value is -3.13. The zero-order valence-corrected chi connectivity index (χ0v) is 15.9. The summed E-state index contributed by atoms with van der Waals surface area (Å²) < 4.78 is 7.23. The number of benzene rings is 1. The van der Waals surface area contributed by atoms with Crippen LogP contribution >= 0.6 is 0 Å². The second-order valence-electron chi connectivity index (χ2n) is 7.04. The van der Waals surface area contributed by atoms with E-state index in [1.165, 1.54) is 0 Å². The fourth-order valence-corrected chi connectivity index (χ4v) is 3.50. The van der Waals surface area contributed by atoms with E-state index in [9.17, 15) is 9.59 Å². The summed E-state index contributed by atoms with van der Waals surface area (Å²) in [4.78, 5) is 24.8. The third-order valence-corrected chi connectivity index (χ3v) is 4.75. The van der Waals surface area contributed by atoms with Crippen LogP contribution in [0.1, 0.15) is 48.7 Å². The van der Waals surface area contributed by atoms with Gasteiger partial charge in [-0.1, -0.05) is 31.5 Å². The van der Waals surface area contributed by atoms with Gasteiger partial charge in [-0.05, 0) is 25.5 Å². The maximum atomic E-state index is 12.7. The lowest BCUT2D eigenvalue weighted by atomic mass is 10.1. The first kappa shape index (κ1) is 18.2. The van der Waals surface area contributed by atoms with Crippen molar-refractivity contribution < 1.29 is 14.0 Å². The van der Waals surface area contributed by atoms with E-state index in [0.717, 1.165) is 23.9 Å². The Morgan fingerprint density at radius 1 is 1.36 bits per heavy atom. The number of carbonyl (C=O) groups is 2. The van der Waals surface area contributed by atoms with Gasteiger partial charge in [0, 0.05) is 23.9 Å². The van der Waals surface area contributed by atoms with E-state index >= 15 is 0 Å². The second kappa shape index (κ2) is 7.47. The van der Waals surface area contributed by atoms with Crippen LogP contribution in [-0.4, -0.2) is 27.6 Å². The van der Waals surface area contributed by atoms with Gasteiger partial charge in [0.2, 0.25) is 5.91 Å². The third kappa shape index (κ3) is 3.63. The number of hydrogen-bond acceptors (Lipinski definition) is 5. The molecular weight excluding hydrogens is 358 g/mol. The summed E-state index contributed by atoms with van der Waals surface area (Å²) >= 11 is 0. The van der Waals surface area contributed by atoms with Crippen molar-refractivity contribution in [2.24, 2.45) is 0 Å². The first-order valence-electron chi connectivity index (χ1n) is 9.45. The summed E-state index contributed by atoms with van der Waals surface area (Å²) in [6.45, 7) is 3.92. The number of nitrogens with one attached hydrogen (secondary N) is 3. The molecule has 2 aromatic heterocycles. The molecule has 2 atom stereocenters. The molecule has 2 unspecified atom stereocenters. The number of amides is 2. The van der Waals surface area contributed by atoms with E-state index in [2.05, 4.69) is 28.0 Å². The van der Waals surface area contributed by atoms with Crippen LogP contribution in [0, 0.1) is 6.92 Å². The lowest BCUT2D eigenvalue weighted by Crippen LogP contribution is -2.53. The normalized spacial score (nSPS) is 19.6. The Morgan fingerprint density at radius 3 is 2.96 bits per heavy atom. The molecule has 8 nitrogen and oxygen atoms in total. The number of carbonyl (C=O) groups excluding carboxylic acids is 2. The molecule has 0 bridgehead atoms. The third-order valence-electron chi connectivity index (χ3n) is 4.75. The van der Waals surface area contributed by atoms with Crippen LogP contribution in [0.25, 0.3) is 11.0 Å². The molecule has 0 saturated carbocycles. The molecule has 8 heteroatoms. The van der Waals surface area contributed by atoms with Crippen molar-refractivity contribution in [1.29, 1.82) is 0 Å². The van der Waals surface area contributed by atoms with Crippen molar-refractivity contribution in [1.82, 2.24) is 20.4 Å². The summed E-state index contributed by atoms with van der Waals surface area (Å²) in [7, 11) is 0. The number of aryl methyl sites for hydroxylation is 1. The van der Waals surface area contributed by atoms with Gasteiger partial charge in [0.05, 0.1) is 5.69 Å². The maximum absolute atomic E-state index is 12.7. The second-order valence-corrected chi connectivity index (χ2v) is 7.04. The highest BCUT2D eigenvalue weighted by molar-refractivity contribution is 6.04. The smallest absolute Gasteiger partial charge is 0.292 e. The largest absolute Gasteiger partial charge is 0.451 e. The highest BCUT2D eigenvalue weighted by Crippen LogP contribution is 2.22. The molecule has 1 fully saturated rings. The fourth-order valence-electron chi connectivity index (χ4n) is 3.50. The average Bonchev–Trinajstić information content (AvgIpc) is 3.25. The highest BCUT2D eigenvalue weighted by Gasteiger charge is 2.28. The van der Waals surface area contributed by atoms with Crippen LogP contribution in [0.3, 0.4) is 0 Å². The highest BCUT2D eigenvalue weighted by atomic mass is 16.3. The lowest BCUT2D eigenvalue weighted by molar-refractivity contribution is -0.125. The SMILES string of the molecule is CCCC1CC(=O)NC(n2nc(C)cc2NC(=O)c2cc3ccccc3o2)N1. The first-order valence-corrected chi connectivity index (χ1v) is 9.45. The minimum Gasteiger partial charge on any atom is -0.451 e. The molecule has 1 saturated heterocycles. The molecule has 1 aliphatic heterocycles. The Bertz CT molecular complexity index is 989. The molecule has 1 aromatic carbocycles. The van der Waals surface area contributed by atoms with Crippen molar-refractivity contribution in [3.05, 3.63) is 47.9 Å². The van der Waals surface area contributed by atoms with Crippen molar-refractivity contribution >= 4 is 28.6 Å². The number of hydrogen-bond donors (Lipinski definition) is 3. The van der Waals surface area contributed by atoms with Crippen molar-refractivity contribution in [2.45, 2.75) is 45.4 Å². The molecule has 28 heavy (non-hydrogen) atoms. The van der Waals surface area contributed by atoms with Crippen LogP contribution in [-0.2, 0) is 4.79 Å². The Balaban J connectivity index is 1.57. The van der Waals surface area contributed by atoms with Gasteiger partial charge in [0.1, 0.15) is 11.4 Å². The van der Waals surface area contributed by atoms with Crippen LogP contribution in [0.4, 0.5) is 5.82 Å². The molecule has 0 radical (unpaired) electrons. The predicted octanol–water partition coefficient (Wildman–Crippen LogP) is 2.92. The quantitative estimate of drug-likeness (QED) is 0.631. The summed E-state index contributed by atoms with van der Waals surface area (Å²) in [6, 6.07) is 11.0. The first-order chi connectivity index (χ1) is 13.5. The van der Waals surface area contributed by atoms with E-state index in [0.29, 0.717) is 17.8 Å². The van der Waals surface area contributed by atoms with Gasteiger partial charge in [-0.25, -0.2) is 4.68 Å². The van der Waals surface area contributed by atoms with Gasteiger partial charge >= 0.3 is 0 Å². The van der Waals surface area contributed by atoms with Crippen LogP contribution < -0.4 is 16.0 Å². The van der Waals surface area contributed by atoms with Gasteiger partial charge in [-0.15, -0.1) is 0 Å². The topological polar surface area (TPSA) is 101 Å². The molecule has 3 aromatic rings. The lowest BCUT2D eigenvalue weighted by Gasteiger charge is -2.32. The van der Waals surface area contributed by atoms with Crippen molar-refractivity contribution in [3.8, 4) is 0 Å². The van der Waals surface area contributed by atoms with Crippen molar-refractivity contribution in [2.75, 3.05) is 5.32 Å². The maximum Gasteiger partial charge on any atom is 0.292 e. The number of rotatable bonds is 5. The summed E-state index contributed by atoms with van der Waals surface area (Å²) in [6.07, 6.45) is 1.79. The molecule has 3 heterocycles. The summed E-state index contributed by atoms with van der Waals surface area (Å²) in [5.41, 5.74) is 1.38. The van der Waals surface area contributed by atoms with Crippen LogP contribution in [0.15, 0.2) is 40.8 Å². The van der Waals surface area contributed by atoms with Gasteiger partial charge in [-0.2, -0.15) is 5.10 Å². The zero-order chi connectivity index (χ0) is 19.7. The molecule has 0 spiro atoms. The minimum atomic E-state index is -0.516. The van der Waals surface area contributed by atoms with Crippen molar-refractivity contribution in [3.63, 3.8) is 0 Å². The molecule has 146 valence electrons. The van der Waals surface area contributed by atoms with Crippen LogP contribution in [0.2, 0.25) is 0 Å². The number of aromatic nitrogens is 2. The van der Waals surface area contributed by atoms with Gasteiger partial charge in [0.15, 0.2) is 12.0 Å². The molecule has 0 aliphatic carbocycles. The standard InChI is InChI=1S/C20H23N5O3/c1-3-6-14-11-18(26)23-20(21-14)25-17(9-12(2)24-25)22-19(27)16-10-13-7-4-5-8-15(13)28-16/h4-5,7-10,14,20-21H,3,6,11H2,1-2H3,(H,22,27)(H,23,26). The summed E-state index contributed by atoms with van der Waals surface area (Å²) in [5.74, 6) is 0.295. The molecule has 3 N–H and O–H groups in total. The van der Waals surface area contributed by atoms with E-state index in [4.69, 9.17) is 4.42 Å². The predicted molar refractivity (Wildman–Crippen MR) is 105 cm³/mol. The average molecular weight is 381 g/mol. The Labute approximate surface area is 162 Å². The van der Waals surface area contributed by atoms with E-state index in [-0.39, 0.29) is 23.6 Å². The van der Waals surface area contributed by atoms with Crippen LogP contribution in [0.5, 0.6) is 0 Å². The molecule has 2 amide bonds. The molecule has 4 rings (SSSR count). The number of fused-ring (bicyclic) bond motifs is 1. The monoisotopic (exact) mass is 381 g/mol. The minimum absolute atomic E-state index is 0.0371. The number of nitrogens with zero attached hydrogens (tertiary/aromatic N) is 2. The Morgan fingerprint density at radius 2 is 2.18 bits per heavy atom. The van der Waals surface area contributed by atoms with Gasteiger partial charge in [-0.3, -0.25) is 14.9 Å². The number of para-hydroxylation sites is 1. The fraction of sp³-hybridized carbons (Fsp3) is 0.350. The van der Waals surface area contributed by atoms with E-state index in [1.807, 2.05) is 31.2 Å². The number of furan rings is 1. The summed E-state index contributed by atoms with van der Waals surface area (Å²) in [5, 5.41) is 14.4. The van der Waals surface area contributed by atoms with Gasteiger partial charge in [0.25, 0.3) is 5.91 Å². The zero-order valence-electron chi connectivity index (χ0n) is 15.9. The van der Waals surface area contributed by atoms with Gasteiger partial charge < -0.3 is 15.1 Å². The molecule has 1 aliphatic rings. The number of anilines is 1. The van der Waals surface area contributed by atoms with E-state index < -0.39 is 6.29 Å². The Kier molecular flexibility index (Phi) is 4.87. The molecular formula is C20H23N5O3. The van der Waals surface area contributed by atoms with E-state index in [1.54, 1.807) is 16.8 Å².